The predicted molar refractivity (Wildman–Crippen MR) is 87.3 cm³/mol. The number of carbonyl (C=O) groups is 2. The van der Waals surface area contributed by atoms with Crippen LogP contribution in [0.3, 0.4) is 0 Å². The predicted octanol–water partition coefficient (Wildman–Crippen LogP) is 2.85. The molecule has 0 aliphatic rings. The maximum Gasteiger partial charge on any atom is 0.281 e. The Morgan fingerprint density at radius 3 is 2.50 bits per heavy atom. The van der Waals surface area contributed by atoms with Gasteiger partial charge in [-0.1, -0.05) is 36.4 Å². The van der Waals surface area contributed by atoms with Gasteiger partial charge < -0.3 is 0 Å². The fourth-order valence-electron chi connectivity index (χ4n) is 1.71. The van der Waals surface area contributed by atoms with E-state index in [2.05, 4.69) is 15.8 Å². The smallest absolute Gasteiger partial charge is 0.268 e. The number of nitrogens with zero attached hydrogens (tertiary/aromatic N) is 1. The maximum atomic E-state index is 12.2. The molecule has 22 heavy (non-hydrogen) atoms. The van der Waals surface area contributed by atoms with E-state index in [0.717, 1.165) is 10.6 Å². The zero-order valence-electron chi connectivity index (χ0n) is 12.6. The molecule has 2 aromatic rings. The number of benzene rings is 1. The first-order valence-corrected chi connectivity index (χ1v) is 7.61. The molecule has 0 aliphatic heterocycles. The third-order valence-corrected chi connectivity index (χ3v) is 4.31. The number of allylic oxidation sites excluding steroid dienone is 1. The van der Waals surface area contributed by atoms with Crippen LogP contribution in [-0.4, -0.2) is 16.8 Å². The van der Waals surface area contributed by atoms with Crippen LogP contribution in [0, 0.1) is 6.92 Å². The van der Waals surface area contributed by atoms with Crippen molar-refractivity contribution in [2.45, 2.75) is 20.8 Å². The van der Waals surface area contributed by atoms with Crippen molar-refractivity contribution in [1.29, 1.82) is 0 Å². The normalized spacial score (nSPS) is 11.1. The second-order valence-corrected chi connectivity index (χ2v) is 5.68. The molecule has 0 bridgehead atoms. The molecule has 0 aliphatic carbocycles. The van der Waals surface area contributed by atoms with E-state index < -0.39 is 0 Å². The summed E-state index contributed by atoms with van der Waals surface area (Å²) in [6.45, 7) is 5.21. The first kappa shape index (κ1) is 15.9. The summed E-state index contributed by atoms with van der Waals surface area (Å²) in [6.07, 6.45) is 1.67. The molecule has 2 rings (SSSR count). The van der Waals surface area contributed by atoms with Crippen LogP contribution in [0.2, 0.25) is 0 Å². The maximum absolute atomic E-state index is 12.2. The van der Waals surface area contributed by atoms with Crippen molar-refractivity contribution in [2.75, 3.05) is 0 Å². The van der Waals surface area contributed by atoms with Gasteiger partial charge in [-0.15, -0.1) is 11.3 Å². The van der Waals surface area contributed by atoms with Gasteiger partial charge in [0, 0.05) is 11.1 Å². The number of aromatic nitrogens is 1. The lowest BCUT2D eigenvalue weighted by Gasteiger charge is -2.06. The molecule has 0 spiro atoms. The van der Waals surface area contributed by atoms with Gasteiger partial charge in [-0.25, -0.2) is 4.98 Å². The van der Waals surface area contributed by atoms with Gasteiger partial charge in [0.15, 0.2) is 0 Å². The molecule has 0 unspecified atom stereocenters. The highest BCUT2D eigenvalue weighted by molar-refractivity contribution is 7.17. The Kier molecular flexibility index (Phi) is 5.06. The minimum absolute atomic E-state index is 0.332. The molecule has 114 valence electrons. The van der Waals surface area contributed by atoms with Crippen LogP contribution >= 0.6 is 11.3 Å². The van der Waals surface area contributed by atoms with Crippen LogP contribution in [0.5, 0.6) is 0 Å². The van der Waals surface area contributed by atoms with Gasteiger partial charge in [0.05, 0.1) is 5.69 Å². The first-order chi connectivity index (χ1) is 10.5. The molecule has 1 heterocycles. The number of rotatable bonds is 3. The standard InChI is InChI=1S/C16H17N3O2S/c1-4-10(2)14(20)18-19-15(21)13-11(3)17-16(22-13)12-8-6-5-7-9-12/h4-9H,1-3H3,(H,18,20)(H,19,21). The second-order valence-electron chi connectivity index (χ2n) is 4.68. The topological polar surface area (TPSA) is 71.1 Å². The Morgan fingerprint density at radius 1 is 1.18 bits per heavy atom. The highest BCUT2D eigenvalue weighted by Gasteiger charge is 2.16. The first-order valence-electron chi connectivity index (χ1n) is 6.79. The van der Waals surface area contributed by atoms with Crippen molar-refractivity contribution in [1.82, 2.24) is 15.8 Å². The van der Waals surface area contributed by atoms with E-state index in [1.54, 1.807) is 26.8 Å². The Hall–Kier alpha value is -2.47. The molecule has 0 radical (unpaired) electrons. The summed E-state index contributed by atoms with van der Waals surface area (Å²) in [5.74, 6) is -0.698. The van der Waals surface area contributed by atoms with E-state index in [-0.39, 0.29) is 11.8 Å². The molecule has 1 aromatic heterocycles. The van der Waals surface area contributed by atoms with Gasteiger partial charge in [-0.05, 0) is 20.8 Å². The quantitative estimate of drug-likeness (QED) is 0.676. The Bertz CT molecular complexity index is 720. The third-order valence-electron chi connectivity index (χ3n) is 3.10. The van der Waals surface area contributed by atoms with Crippen LogP contribution in [0.1, 0.15) is 29.2 Å². The van der Waals surface area contributed by atoms with Crippen molar-refractivity contribution in [2.24, 2.45) is 0 Å². The second kappa shape index (κ2) is 7.00. The largest absolute Gasteiger partial charge is 0.281 e. The molecule has 0 saturated carbocycles. The summed E-state index contributed by atoms with van der Waals surface area (Å²) >= 11 is 1.30. The van der Waals surface area contributed by atoms with Crippen molar-refractivity contribution in [3.63, 3.8) is 0 Å². The lowest BCUT2D eigenvalue weighted by Crippen LogP contribution is -2.41. The minimum Gasteiger partial charge on any atom is -0.268 e. The van der Waals surface area contributed by atoms with Crippen LogP contribution in [0.25, 0.3) is 10.6 Å². The SMILES string of the molecule is CC=C(C)C(=O)NNC(=O)c1sc(-c2ccccc2)nc1C. The van der Waals surface area contributed by atoms with Gasteiger partial charge >= 0.3 is 0 Å². The van der Waals surface area contributed by atoms with Crippen LogP contribution in [0.4, 0.5) is 0 Å². The van der Waals surface area contributed by atoms with Crippen LogP contribution in [0.15, 0.2) is 42.0 Å². The molecule has 1 aromatic carbocycles. The van der Waals surface area contributed by atoms with Gasteiger partial charge in [0.1, 0.15) is 9.88 Å². The minimum atomic E-state index is -0.366. The van der Waals surface area contributed by atoms with Crippen molar-refractivity contribution < 1.29 is 9.59 Å². The van der Waals surface area contributed by atoms with Crippen molar-refractivity contribution in [3.8, 4) is 10.6 Å². The number of aryl methyl sites for hydroxylation is 1. The highest BCUT2D eigenvalue weighted by atomic mass is 32.1. The van der Waals surface area contributed by atoms with E-state index in [1.807, 2.05) is 30.3 Å². The Labute approximate surface area is 133 Å². The summed E-state index contributed by atoms with van der Waals surface area (Å²) in [5.41, 5.74) is 6.92. The lowest BCUT2D eigenvalue weighted by atomic mass is 10.2. The van der Waals surface area contributed by atoms with E-state index >= 15 is 0 Å². The lowest BCUT2D eigenvalue weighted by molar-refractivity contribution is -0.118. The molecule has 0 atom stereocenters. The Balaban J connectivity index is 2.11. The van der Waals surface area contributed by atoms with E-state index in [9.17, 15) is 9.59 Å². The summed E-state index contributed by atoms with van der Waals surface area (Å²) in [6, 6.07) is 9.66. The molecule has 2 N–H and O–H groups in total. The average molecular weight is 315 g/mol. The number of carbonyl (C=O) groups excluding carboxylic acids is 2. The summed E-state index contributed by atoms with van der Waals surface area (Å²) in [4.78, 5) is 28.7. The fourth-order valence-corrected chi connectivity index (χ4v) is 2.68. The molecule has 0 saturated heterocycles. The fraction of sp³-hybridized carbons (Fsp3) is 0.188. The number of amides is 2. The van der Waals surface area contributed by atoms with E-state index in [1.165, 1.54) is 11.3 Å². The van der Waals surface area contributed by atoms with Gasteiger partial charge in [0.25, 0.3) is 11.8 Å². The molecular formula is C16H17N3O2S. The molecule has 2 amide bonds. The van der Waals surface area contributed by atoms with Gasteiger partial charge in [-0.3, -0.25) is 20.4 Å². The number of hydrogen-bond acceptors (Lipinski definition) is 4. The monoisotopic (exact) mass is 315 g/mol. The molecule has 5 nitrogen and oxygen atoms in total. The molecule has 6 heteroatoms. The van der Waals surface area contributed by atoms with E-state index in [4.69, 9.17) is 0 Å². The number of thiazole rings is 1. The summed E-state index contributed by atoms with van der Waals surface area (Å²) < 4.78 is 0. The third kappa shape index (κ3) is 3.59. The number of hydrogen-bond donors (Lipinski definition) is 2. The number of hydrazine groups is 1. The summed E-state index contributed by atoms with van der Waals surface area (Å²) in [5, 5.41) is 0.777. The van der Waals surface area contributed by atoms with Crippen molar-refractivity contribution in [3.05, 3.63) is 52.6 Å². The van der Waals surface area contributed by atoms with Crippen LogP contribution < -0.4 is 10.9 Å². The Morgan fingerprint density at radius 2 is 1.86 bits per heavy atom. The van der Waals surface area contributed by atoms with Gasteiger partial charge in [0.2, 0.25) is 0 Å². The number of nitrogens with one attached hydrogen (secondary N) is 2. The average Bonchev–Trinajstić information content (AvgIpc) is 2.94. The zero-order chi connectivity index (χ0) is 16.1. The highest BCUT2D eigenvalue weighted by Crippen LogP contribution is 2.27. The molecule has 0 fully saturated rings. The van der Waals surface area contributed by atoms with E-state index in [0.29, 0.717) is 16.1 Å². The summed E-state index contributed by atoms with van der Waals surface area (Å²) in [7, 11) is 0. The zero-order valence-corrected chi connectivity index (χ0v) is 13.5. The molecular weight excluding hydrogens is 298 g/mol. The van der Waals surface area contributed by atoms with Crippen LogP contribution in [-0.2, 0) is 4.79 Å². The van der Waals surface area contributed by atoms with Crippen molar-refractivity contribution >= 4 is 23.2 Å². The van der Waals surface area contributed by atoms with Gasteiger partial charge in [-0.2, -0.15) is 0 Å².